The van der Waals surface area contributed by atoms with Gasteiger partial charge in [0.25, 0.3) is 5.91 Å². The predicted octanol–water partition coefficient (Wildman–Crippen LogP) is 6.15. The molecule has 3 aromatic carbocycles. The Morgan fingerprint density at radius 1 is 1.03 bits per heavy atom. The van der Waals surface area contributed by atoms with E-state index in [-0.39, 0.29) is 22.3 Å². The van der Waals surface area contributed by atoms with Gasteiger partial charge >= 0.3 is 0 Å². The Morgan fingerprint density at radius 3 is 2.44 bits per heavy atom. The van der Waals surface area contributed by atoms with Gasteiger partial charge in [-0.25, -0.2) is 4.39 Å². The van der Waals surface area contributed by atoms with Crippen LogP contribution in [0.15, 0.2) is 72.8 Å². The Balaban J connectivity index is 1.58. The molecule has 32 heavy (non-hydrogen) atoms. The normalized spacial score (nSPS) is 16.3. The highest BCUT2D eigenvalue weighted by atomic mass is 32.2. The predicted molar refractivity (Wildman–Crippen MR) is 129 cm³/mol. The van der Waals surface area contributed by atoms with Gasteiger partial charge in [0.1, 0.15) is 11.2 Å². The van der Waals surface area contributed by atoms with Crippen molar-refractivity contribution in [3.8, 4) is 0 Å². The van der Waals surface area contributed by atoms with Crippen LogP contribution in [0.2, 0.25) is 0 Å². The van der Waals surface area contributed by atoms with E-state index in [0.717, 1.165) is 11.3 Å². The largest absolute Gasteiger partial charge is 0.322 e. The van der Waals surface area contributed by atoms with Crippen LogP contribution in [0, 0.1) is 5.82 Å². The molecule has 1 N–H and O–H groups in total. The van der Waals surface area contributed by atoms with Gasteiger partial charge in [-0.1, -0.05) is 57.2 Å². The molecule has 1 fully saturated rings. The average Bonchev–Trinajstić information content (AvgIpc) is 3.15. The van der Waals surface area contributed by atoms with Crippen LogP contribution in [-0.4, -0.2) is 17.6 Å². The number of nitrogens with zero attached hydrogens (tertiary/aromatic N) is 1. The van der Waals surface area contributed by atoms with Gasteiger partial charge in [-0.2, -0.15) is 0 Å². The van der Waals surface area contributed by atoms with Gasteiger partial charge in [-0.3, -0.25) is 14.5 Å². The molecular weight excluding hydrogens is 423 g/mol. The fourth-order valence-electron chi connectivity index (χ4n) is 3.69. The lowest BCUT2D eigenvalue weighted by Gasteiger charge is -2.26. The van der Waals surface area contributed by atoms with Crippen molar-refractivity contribution < 1.29 is 14.0 Å². The molecule has 1 saturated heterocycles. The van der Waals surface area contributed by atoms with Gasteiger partial charge in [0.2, 0.25) is 5.91 Å². The van der Waals surface area contributed by atoms with Crippen molar-refractivity contribution in [3.63, 3.8) is 0 Å². The maximum absolute atomic E-state index is 13.9. The highest BCUT2D eigenvalue weighted by molar-refractivity contribution is 8.00. The molecule has 1 heterocycles. The molecule has 2 amide bonds. The van der Waals surface area contributed by atoms with Gasteiger partial charge in [0.15, 0.2) is 0 Å². The second-order valence-corrected chi connectivity index (χ2v) is 9.85. The number of nitrogens with one attached hydrogen (secondary N) is 1. The van der Waals surface area contributed by atoms with Crippen molar-refractivity contribution in [3.05, 3.63) is 95.3 Å². The van der Waals surface area contributed by atoms with E-state index in [1.54, 1.807) is 34.9 Å². The molecule has 0 spiro atoms. The van der Waals surface area contributed by atoms with Crippen molar-refractivity contribution in [2.24, 2.45) is 0 Å². The number of hydrogen-bond donors (Lipinski definition) is 1. The quantitative estimate of drug-likeness (QED) is 0.520. The third-order valence-corrected chi connectivity index (χ3v) is 6.64. The van der Waals surface area contributed by atoms with E-state index in [4.69, 9.17) is 0 Å². The summed E-state index contributed by atoms with van der Waals surface area (Å²) in [6.45, 7) is 6.47. The summed E-state index contributed by atoms with van der Waals surface area (Å²) in [5.74, 6) is -0.644. The fraction of sp³-hybridized carbons (Fsp3) is 0.231. The Hall–Kier alpha value is -3.12. The van der Waals surface area contributed by atoms with Gasteiger partial charge in [0.05, 0.1) is 11.3 Å². The van der Waals surface area contributed by atoms with Crippen LogP contribution in [-0.2, 0) is 10.2 Å². The summed E-state index contributed by atoms with van der Waals surface area (Å²) in [4.78, 5) is 27.0. The summed E-state index contributed by atoms with van der Waals surface area (Å²) in [5, 5.41) is 2.56. The highest BCUT2D eigenvalue weighted by Crippen LogP contribution is 2.42. The van der Waals surface area contributed by atoms with E-state index in [1.807, 2.05) is 30.3 Å². The van der Waals surface area contributed by atoms with Gasteiger partial charge in [-0.05, 0) is 52.9 Å². The van der Waals surface area contributed by atoms with Gasteiger partial charge < -0.3 is 5.32 Å². The number of rotatable bonds is 4. The molecule has 1 aliphatic heterocycles. The Bertz CT molecular complexity index is 1150. The van der Waals surface area contributed by atoms with Crippen LogP contribution in [0.1, 0.15) is 47.6 Å². The lowest BCUT2D eigenvalue weighted by molar-refractivity contribution is -0.115. The number of halogens is 1. The van der Waals surface area contributed by atoms with E-state index in [2.05, 4.69) is 38.2 Å². The monoisotopic (exact) mass is 448 g/mol. The number of hydrogen-bond acceptors (Lipinski definition) is 3. The van der Waals surface area contributed by atoms with Crippen LogP contribution in [0.3, 0.4) is 0 Å². The zero-order valence-electron chi connectivity index (χ0n) is 18.3. The molecule has 0 unspecified atom stereocenters. The van der Waals surface area contributed by atoms with E-state index < -0.39 is 11.7 Å². The molecule has 0 aromatic heterocycles. The van der Waals surface area contributed by atoms with Crippen molar-refractivity contribution in [2.45, 2.75) is 31.6 Å². The fourth-order valence-corrected chi connectivity index (χ4v) is 4.85. The number of thioether (sulfide) groups is 1. The van der Waals surface area contributed by atoms with Crippen LogP contribution in [0.25, 0.3) is 0 Å². The average molecular weight is 449 g/mol. The van der Waals surface area contributed by atoms with Crippen LogP contribution < -0.4 is 10.2 Å². The SMILES string of the molecule is CC(C)(C)c1ccc(N2C(=O)CS[C@@H]2c2cccc(NC(=O)c3ccccc3F)c2)cc1. The zero-order chi connectivity index (χ0) is 22.9. The first-order valence-electron chi connectivity index (χ1n) is 10.4. The third kappa shape index (κ3) is 4.55. The lowest BCUT2D eigenvalue weighted by Crippen LogP contribution is -2.28. The first-order valence-corrected chi connectivity index (χ1v) is 11.5. The van der Waals surface area contributed by atoms with Crippen molar-refractivity contribution in [1.82, 2.24) is 0 Å². The number of amides is 2. The molecule has 6 heteroatoms. The smallest absolute Gasteiger partial charge is 0.258 e. The Kier molecular flexibility index (Phi) is 6.07. The molecule has 1 aliphatic rings. The van der Waals surface area contributed by atoms with Crippen LogP contribution in [0.4, 0.5) is 15.8 Å². The molecule has 4 rings (SSSR count). The second-order valence-electron chi connectivity index (χ2n) is 8.78. The molecule has 4 nitrogen and oxygen atoms in total. The first kappa shape index (κ1) is 22.1. The third-order valence-electron chi connectivity index (χ3n) is 5.43. The molecule has 0 radical (unpaired) electrons. The number of benzene rings is 3. The first-order chi connectivity index (χ1) is 15.2. The molecular formula is C26H25FN2O2S. The molecule has 1 atom stereocenters. The lowest BCUT2D eigenvalue weighted by atomic mass is 9.87. The summed E-state index contributed by atoms with van der Waals surface area (Å²) in [6.07, 6.45) is 0. The van der Waals surface area contributed by atoms with Crippen molar-refractivity contribution in [2.75, 3.05) is 16.0 Å². The molecule has 0 bridgehead atoms. The minimum atomic E-state index is -0.567. The topological polar surface area (TPSA) is 49.4 Å². The molecule has 3 aromatic rings. The minimum absolute atomic E-state index is 0.0103. The Morgan fingerprint density at radius 2 is 1.75 bits per heavy atom. The van der Waals surface area contributed by atoms with Gasteiger partial charge in [0, 0.05) is 11.4 Å². The molecule has 0 saturated carbocycles. The summed E-state index contributed by atoms with van der Waals surface area (Å²) in [7, 11) is 0. The molecule has 0 aliphatic carbocycles. The number of carbonyl (C=O) groups excluding carboxylic acids is 2. The standard InChI is InChI=1S/C26H25FN2O2S/c1-26(2,3)18-11-13-20(14-12-18)29-23(30)16-32-25(29)17-7-6-8-19(15-17)28-24(31)21-9-4-5-10-22(21)27/h4-15,25H,16H2,1-3H3,(H,28,31)/t25-/m1/s1. The van der Waals surface area contributed by atoms with Gasteiger partial charge in [-0.15, -0.1) is 11.8 Å². The second kappa shape index (κ2) is 8.79. The Labute approximate surface area is 191 Å². The maximum Gasteiger partial charge on any atom is 0.258 e. The van der Waals surface area contributed by atoms with E-state index in [9.17, 15) is 14.0 Å². The van der Waals surface area contributed by atoms with Crippen molar-refractivity contribution >= 4 is 35.0 Å². The highest BCUT2D eigenvalue weighted by Gasteiger charge is 2.34. The summed E-state index contributed by atoms with van der Waals surface area (Å²) in [6, 6.07) is 21.3. The summed E-state index contributed by atoms with van der Waals surface area (Å²) < 4.78 is 13.9. The summed E-state index contributed by atoms with van der Waals surface area (Å²) >= 11 is 1.55. The van der Waals surface area contributed by atoms with E-state index in [1.165, 1.54) is 17.7 Å². The van der Waals surface area contributed by atoms with Crippen LogP contribution >= 0.6 is 11.8 Å². The number of carbonyl (C=O) groups is 2. The zero-order valence-corrected chi connectivity index (χ0v) is 19.1. The maximum atomic E-state index is 13.9. The van der Waals surface area contributed by atoms with Crippen LogP contribution in [0.5, 0.6) is 0 Å². The summed E-state index contributed by atoms with van der Waals surface area (Å²) in [5.41, 5.74) is 3.52. The van der Waals surface area contributed by atoms with Crippen molar-refractivity contribution in [1.29, 1.82) is 0 Å². The minimum Gasteiger partial charge on any atom is -0.322 e. The number of anilines is 2. The van der Waals surface area contributed by atoms with E-state index >= 15 is 0 Å². The van der Waals surface area contributed by atoms with E-state index in [0.29, 0.717) is 11.4 Å². The molecule has 164 valence electrons.